The number of furan rings is 1. The Kier molecular flexibility index (Phi) is 4.01. The van der Waals surface area contributed by atoms with E-state index in [9.17, 15) is 9.59 Å². The third kappa shape index (κ3) is 2.80. The molecule has 1 aliphatic carbocycles. The van der Waals surface area contributed by atoms with Crippen LogP contribution in [-0.2, 0) is 4.79 Å². The van der Waals surface area contributed by atoms with Crippen molar-refractivity contribution < 1.29 is 14.0 Å². The second-order valence-corrected chi connectivity index (χ2v) is 8.15. The van der Waals surface area contributed by atoms with Crippen molar-refractivity contribution in [3.63, 3.8) is 0 Å². The van der Waals surface area contributed by atoms with E-state index < -0.39 is 11.6 Å². The van der Waals surface area contributed by atoms with Gasteiger partial charge in [-0.15, -0.1) is 16.3 Å². The number of nitrogens with one attached hydrogen (secondary N) is 1. The minimum Gasteiger partial charge on any atom is -0.453 e. The molecule has 1 saturated heterocycles. The van der Waals surface area contributed by atoms with Crippen molar-refractivity contribution in [1.82, 2.24) is 15.3 Å². The first-order chi connectivity index (χ1) is 13.6. The Balaban J connectivity index is 1.36. The molecule has 1 aliphatic heterocycles. The molecule has 0 radical (unpaired) electrons. The van der Waals surface area contributed by atoms with Gasteiger partial charge in [0.2, 0.25) is 0 Å². The Morgan fingerprint density at radius 2 is 1.96 bits per heavy atom. The zero-order chi connectivity index (χ0) is 19.1. The molecule has 3 heterocycles. The number of amides is 3. The van der Waals surface area contributed by atoms with E-state index in [-0.39, 0.29) is 5.91 Å². The highest BCUT2D eigenvalue weighted by molar-refractivity contribution is 7.21. The normalized spacial score (nSPS) is 19.2. The van der Waals surface area contributed by atoms with E-state index in [1.54, 1.807) is 17.4 Å². The summed E-state index contributed by atoms with van der Waals surface area (Å²) in [7, 11) is 0. The number of para-hydroxylation sites is 1. The number of fused-ring (bicyclic) bond motifs is 1. The van der Waals surface area contributed by atoms with E-state index in [4.69, 9.17) is 4.42 Å². The summed E-state index contributed by atoms with van der Waals surface area (Å²) >= 11 is 1.54. The number of rotatable bonds is 3. The number of carbonyl (C=O) groups is 2. The molecule has 1 saturated carbocycles. The summed E-state index contributed by atoms with van der Waals surface area (Å²) in [4.78, 5) is 29.5. The average molecular weight is 394 g/mol. The van der Waals surface area contributed by atoms with Crippen LogP contribution in [-0.4, -0.2) is 33.7 Å². The molecule has 8 heteroatoms. The van der Waals surface area contributed by atoms with Crippen molar-refractivity contribution in [3.8, 4) is 10.8 Å². The van der Waals surface area contributed by atoms with Gasteiger partial charge in [0, 0.05) is 0 Å². The molecule has 1 aromatic carbocycles. The summed E-state index contributed by atoms with van der Waals surface area (Å²) in [5, 5.41) is 8.62. The lowest BCUT2D eigenvalue weighted by Gasteiger charge is -2.29. The molecule has 0 bridgehead atoms. The summed E-state index contributed by atoms with van der Waals surface area (Å²) in [6.45, 7) is 0. The maximum Gasteiger partial charge on any atom is 0.346 e. The van der Waals surface area contributed by atoms with Gasteiger partial charge in [-0.1, -0.05) is 31.4 Å². The Labute approximate surface area is 165 Å². The van der Waals surface area contributed by atoms with Crippen molar-refractivity contribution in [2.24, 2.45) is 5.10 Å². The Morgan fingerprint density at radius 3 is 2.79 bits per heavy atom. The molecule has 3 amide bonds. The first-order valence-corrected chi connectivity index (χ1v) is 10.1. The molecule has 1 spiro atoms. The SMILES string of the molecule is O=C1NC2(CCCCC2)C(=O)N1/N=C\c1ccc(-c2nc3ccccc3s2)o1. The lowest BCUT2D eigenvalue weighted by molar-refractivity contribution is -0.132. The second-order valence-electron chi connectivity index (χ2n) is 7.12. The van der Waals surface area contributed by atoms with Gasteiger partial charge in [0.25, 0.3) is 5.91 Å². The van der Waals surface area contributed by atoms with Crippen LogP contribution in [0.25, 0.3) is 21.0 Å². The standard InChI is InChI=1S/C20H18N4O3S/c25-18-20(10-4-1-5-11-20)23-19(26)24(18)21-12-13-8-9-15(27-13)17-22-14-6-2-3-7-16(14)28-17/h2-3,6-9,12H,1,4-5,10-11H2,(H,23,26)/b21-12-. The van der Waals surface area contributed by atoms with Crippen molar-refractivity contribution in [2.75, 3.05) is 0 Å². The van der Waals surface area contributed by atoms with E-state index in [1.807, 2.05) is 30.3 Å². The number of imide groups is 1. The van der Waals surface area contributed by atoms with Gasteiger partial charge in [0.05, 0.1) is 16.4 Å². The number of carbonyl (C=O) groups excluding carboxylic acids is 2. The molecule has 0 atom stereocenters. The molecule has 2 aromatic heterocycles. The number of aromatic nitrogens is 1. The molecule has 2 aliphatic rings. The Morgan fingerprint density at radius 1 is 1.14 bits per heavy atom. The predicted molar refractivity (Wildman–Crippen MR) is 106 cm³/mol. The maximum absolute atomic E-state index is 12.7. The molecule has 3 aromatic rings. The van der Waals surface area contributed by atoms with Crippen molar-refractivity contribution >= 4 is 39.7 Å². The van der Waals surface area contributed by atoms with Crippen LogP contribution in [0.4, 0.5) is 4.79 Å². The lowest BCUT2D eigenvalue weighted by Crippen LogP contribution is -2.48. The van der Waals surface area contributed by atoms with Crippen LogP contribution in [0.5, 0.6) is 0 Å². The van der Waals surface area contributed by atoms with Gasteiger partial charge in [-0.25, -0.2) is 9.78 Å². The van der Waals surface area contributed by atoms with Gasteiger partial charge in [-0.3, -0.25) is 4.79 Å². The highest BCUT2D eigenvalue weighted by Gasteiger charge is 2.51. The van der Waals surface area contributed by atoms with Gasteiger partial charge in [-0.05, 0) is 37.1 Å². The van der Waals surface area contributed by atoms with Gasteiger partial charge in [-0.2, -0.15) is 5.10 Å². The molecule has 0 unspecified atom stereocenters. The molecule has 5 rings (SSSR count). The zero-order valence-corrected chi connectivity index (χ0v) is 15.9. The first-order valence-electron chi connectivity index (χ1n) is 9.31. The fourth-order valence-corrected chi connectivity index (χ4v) is 4.76. The third-order valence-electron chi connectivity index (χ3n) is 5.28. The van der Waals surface area contributed by atoms with E-state index in [1.165, 1.54) is 6.21 Å². The van der Waals surface area contributed by atoms with Crippen LogP contribution in [0.3, 0.4) is 0 Å². The minimum atomic E-state index is -0.776. The topological polar surface area (TPSA) is 87.8 Å². The summed E-state index contributed by atoms with van der Waals surface area (Å²) in [5.41, 5.74) is 0.147. The zero-order valence-electron chi connectivity index (χ0n) is 15.1. The largest absolute Gasteiger partial charge is 0.453 e. The van der Waals surface area contributed by atoms with Gasteiger partial charge in [0.1, 0.15) is 11.3 Å². The van der Waals surface area contributed by atoms with E-state index in [0.717, 1.165) is 39.5 Å². The molecule has 142 valence electrons. The average Bonchev–Trinajstić information content (AvgIpc) is 3.39. The van der Waals surface area contributed by atoms with Crippen LogP contribution in [0.1, 0.15) is 37.9 Å². The molecule has 28 heavy (non-hydrogen) atoms. The van der Waals surface area contributed by atoms with Gasteiger partial charge < -0.3 is 9.73 Å². The number of urea groups is 1. The third-order valence-corrected chi connectivity index (χ3v) is 6.33. The minimum absolute atomic E-state index is 0.272. The number of hydrazone groups is 1. The molecular formula is C20H18N4O3S. The van der Waals surface area contributed by atoms with Crippen LogP contribution >= 0.6 is 11.3 Å². The number of nitrogens with zero attached hydrogens (tertiary/aromatic N) is 3. The van der Waals surface area contributed by atoms with Crippen molar-refractivity contribution in [1.29, 1.82) is 0 Å². The highest BCUT2D eigenvalue weighted by Crippen LogP contribution is 2.34. The van der Waals surface area contributed by atoms with Crippen LogP contribution in [0, 0.1) is 0 Å². The predicted octanol–water partition coefficient (Wildman–Crippen LogP) is 4.14. The van der Waals surface area contributed by atoms with E-state index in [0.29, 0.717) is 24.4 Å². The number of thiazole rings is 1. The Bertz CT molecular complexity index is 1060. The fourth-order valence-electron chi connectivity index (χ4n) is 3.83. The first kappa shape index (κ1) is 17.1. The van der Waals surface area contributed by atoms with Gasteiger partial charge >= 0.3 is 6.03 Å². The smallest absolute Gasteiger partial charge is 0.346 e. The molecule has 2 fully saturated rings. The number of hydrogen-bond donors (Lipinski definition) is 1. The van der Waals surface area contributed by atoms with Crippen molar-refractivity contribution in [2.45, 2.75) is 37.6 Å². The van der Waals surface area contributed by atoms with Gasteiger partial charge in [0.15, 0.2) is 10.8 Å². The van der Waals surface area contributed by atoms with Crippen LogP contribution in [0.2, 0.25) is 0 Å². The van der Waals surface area contributed by atoms with Crippen LogP contribution in [0.15, 0.2) is 45.9 Å². The molecule has 1 N–H and O–H groups in total. The second kappa shape index (κ2) is 6.56. The summed E-state index contributed by atoms with van der Waals surface area (Å²) < 4.78 is 6.88. The maximum atomic E-state index is 12.7. The molecular weight excluding hydrogens is 376 g/mol. The van der Waals surface area contributed by atoms with Crippen LogP contribution < -0.4 is 5.32 Å². The fraction of sp³-hybridized carbons (Fsp3) is 0.300. The van der Waals surface area contributed by atoms with Crippen molar-refractivity contribution in [3.05, 3.63) is 42.2 Å². The Hall–Kier alpha value is -3.00. The number of hydrogen-bond acceptors (Lipinski definition) is 6. The lowest BCUT2D eigenvalue weighted by atomic mass is 9.82. The monoisotopic (exact) mass is 394 g/mol. The molecule has 7 nitrogen and oxygen atoms in total. The van der Waals surface area contributed by atoms with E-state index >= 15 is 0 Å². The summed E-state index contributed by atoms with van der Waals surface area (Å²) in [6.07, 6.45) is 5.71. The highest BCUT2D eigenvalue weighted by atomic mass is 32.1. The number of benzene rings is 1. The summed E-state index contributed by atoms with van der Waals surface area (Å²) in [6, 6.07) is 11.0. The quantitative estimate of drug-likeness (QED) is 0.534. The van der Waals surface area contributed by atoms with E-state index in [2.05, 4.69) is 15.4 Å². The summed E-state index contributed by atoms with van der Waals surface area (Å²) in [5.74, 6) is 0.814.